The topological polar surface area (TPSA) is 15.3 Å². The van der Waals surface area contributed by atoms with Crippen molar-refractivity contribution in [1.29, 1.82) is 0 Å². The molecule has 0 spiro atoms. The van der Waals surface area contributed by atoms with Crippen molar-refractivity contribution in [3.63, 3.8) is 0 Å². The molecule has 1 heterocycles. The molecule has 0 aromatic rings. The first-order valence-electron chi connectivity index (χ1n) is 9.18. The van der Waals surface area contributed by atoms with Gasteiger partial charge >= 0.3 is 0 Å². The van der Waals surface area contributed by atoms with Gasteiger partial charge in [-0.2, -0.15) is 0 Å². The fourth-order valence-corrected chi connectivity index (χ4v) is 4.39. The van der Waals surface area contributed by atoms with Crippen molar-refractivity contribution in [3.8, 4) is 0 Å². The average Bonchev–Trinajstić information content (AvgIpc) is 2.93. The summed E-state index contributed by atoms with van der Waals surface area (Å²) >= 11 is 0. The Hall–Kier alpha value is -0.0800. The van der Waals surface area contributed by atoms with Gasteiger partial charge in [-0.1, -0.05) is 26.7 Å². The van der Waals surface area contributed by atoms with Crippen molar-refractivity contribution >= 4 is 0 Å². The molecule has 3 fully saturated rings. The highest BCUT2D eigenvalue weighted by Crippen LogP contribution is 2.37. The maximum atomic E-state index is 3.78. The molecular weight excluding hydrogens is 244 g/mol. The van der Waals surface area contributed by atoms with Crippen LogP contribution in [0.15, 0.2) is 0 Å². The zero-order valence-corrected chi connectivity index (χ0v) is 13.7. The second kappa shape index (κ2) is 6.36. The lowest BCUT2D eigenvalue weighted by Gasteiger charge is -2.38. The van der Waals surface area contributed by atoms with Gasteiger partial charge in [0.2, 0.25) is 0 Å². The van der Waals surface area contributed by atoms with Crippen LogP contribution < -0.4 is 5.32 Å². The molecular formula is C18H34N2. The van der Waals surface area contributed by atoms with E-state index in [9.17, 15) is 0 Å². The van der Waals surface area contributed by atoms with E-state index < -0.39 is 0 Å². The predicted octanol–water partition coefficient (Wildman–Crippen LogP) is 3.81. The van der Waals surface area contributed by atoms with Gasteiger partial charge in [-0.3, -0.25) is 4.90 Å². The van der Waals surface area contributed by atoms with Gasteiger partial charge in [-0.25, -0.2) is 0 Å². The van der Waals surface area contributed by atoms with E-state index in [-0.39, 0.29) is 0 Å². The number of hydrogen-bond donors (Lipinski definition) is 1. The van der Waals surface area contributed by atoms with E-state index in [4.69, 9.17) is 0 Å². The maximum Gasteiger partial charge on any atom is 0.0124 e. The standard InChI is InChI=1S/C18H34N2/c1-3-18(2,13-19-16-10-11-16)14-20-12-6-9-17(20)15-7-4-5-8-15/h15-17,19H,3-14H2,1-2H3. The molecule has 20 heavy (non-hydrogen) atoms. The minimum Gasteiger partial charge on any atom is -0.313 e. The highest BCUT2D eigenvalue weighted by Gasteiger charge is 2.37. The van der Waals surface area contributed by atoms with Crippen LogP contribution in [0, 0.1) is 11.3 Å². The number of nitrogens with one attached hydrogen (secondary N) is 1. The van der Waals surface area contributed by atoms with E-state index >= 15 is 0 Å². The zero-order valence-electron chi connectivity index (χ0n) is 13.7. The van der Waals surface area contributed by atoms with E-state index in [1.165, 1.54) is 77.4 Å². The second-order valence-corrected chi connectivity index (χ2v) is 8.04. The van der Waals surface area contributed by atoms with Crippen molar-refractivity contribution in [2.75, 3.05) is 19.6 Å². The molecule has 2 nitrogen and oxygen atoms in total. The molecule has 2 heteroatoms. The molecule has 0 aromatic carbocycles. The summed E-state index contributed by atoms with van der Waals surface area (Å²) in [5.41, 5.74) is 0.476. The maximum absolute atomic E-state index is 3.78. The lowest BCUT2D eigenvalue weighted by molar-refractivity contribution is 0.115. The molecule has 0 aromatic heterocycles. The molecule has 1 saturated heterocycles. The van der Waals surface area contributed by atoms with Gasteiger partial charge in [-0.05, 0) is 62.8 Å². The monoisotopic (exact) mass is 278 g/mol. The lowest BCUT2D eigenvalue weighted by Crippen LogP contribution is -2.45. The summed E-state index contributed by atoms with van der Waals surface area (Å²) in [6.07, 6.45) is 13.0. The summed E-state index contributed by atoms with van der Waals surface area (Å²) in [5, 5.41) is 3.78. The predicted molar refractivity (Wildman–Crippen MR) is 86.0 cm³/mol. The van der Waals surface area contributed by atoms with Crippen LogP contribution in [0.3, 0.4) is 0 Å². The van der Waals surface area contributed by atoms with E-state index in [1.54, 1.807) is 0 Å². The molecule has 2 saturated carbocycles. The van der Waals surface area contributed by atoms with Crippen LogP contribution in [0.1, 0.15) is 71.6 Å². The van der Waals surface area contributed by atoms with Gasteiger partial charge in [0.1, 0.15) is 0 Å². The summed E-state index contributed by atoms with van der Waals surface area (Å²) in [6.45, 7) is 8.80. The highest BCUT2D eigenvalue weighted by molar-refractivity contribution is 4.92. The quantitative estimate of drug-likeness (QED) is 0.762. The molecule has 1 aliphatic heterocycles. The van der Waals surface area contributed by atoms with Gasteiger partial charge in [0.25, 0.3) is 0 Å². The van der Waals surface area contributed by atoms with Crippen molar-refractivity contribution in [2.24, 2.45) is 11.3 Å². The van der Waals surface area contributed by atoms with Crippen LogP contribution in [-0.2, 0) is 0 Å². The molecule has 116 valence electrons. The molecule has 2 aliphatic carbocycles. The number of nitrogens with zero attached hydrogens (tertiary/aromatic N) is 1. The smallest absolute Gasteiger partial charge is 0.0124 e. The average molecular weight is 278 g/mol. The molecule has 1 N–H and O–H groups in total. The second-order valence-electron chi connectivity index (χ2n) is 8.04. The van der Waals surface area contributed by atoms with Gasteiger partial charge in [0, 0.05) is 25.2 Å². The number of likely N-dealkylation sites (tertiary alicyclic amines) is 1. The van der Waals surface area contributed by atoms with E-state index in [0.717, 1.165) is 18.0 Å². The van der Waals surface area contributed by atoms with Gasteiger partial charge < -0.3 is 5.32 Å². The fourth-order valence-electron chi connectivity index (χ4n) is 4.39. The third-order valence-electron chi connectivity index (χ3n) is 6.19. The Morgan fingerprint density at radius 1 is 1.05 bits per heavy atom. The summed E-state index contributed by atoms with van der Waals surface area (Å²) in [7, 11) is 0. The normalized spacial score (nSPS) is 31.8. The lowest BCUT2D eigenvalue weighted by atomic mass is 9.85. The van der Waals surface area contributed by atoms with Crippen LogP contribution in [0.5, 0.6) is 0 Å². The molecule has 2 atom stereocenters. The molecule has 0 radical (unpaired) electrons. The Balaban J connectivity index is 1.55. The number of rotatable bonds is 7. The fraction of sp³-hybridized carbons (Fsp3) is 1.00. The zero-order chi connectivity index (χ0) is 14.0. The van der Waals surface area contributed by atoms with Crippen molar-refractivity contribution in [1.82, 2.24) is 10.2 Å². The third-order valence-corrected chi connectivity index (χ3v) is 6.19. The molecule has 2 unspecified atom stereocenters. The summed E-state index contributed by atoms with van der Waals surface area (Å²) < 4.78 is 0. The van der Waals surface area contributed by atoms with Gasteiger partial charge in [0.05, 0.1) is 0 Å². The Morgan fingerprint density at radius 3 is 2.45 bits per heavy atom. The van der Waals surface area contributed by atoms with Crippen molar-refractivity contribution in [2.45, 2.75) is 83.7 Å². The first kappa shape index (κ1) is 14.8. The first-order chi connectivity index (χ1) is 9.70. The van der Waals surface area contributed by atoms with Crippen LogP contribution in [0.2, 0.25) is 0 Å². The molecule has 3 aliphatic rings. The van der Waals surface area contributed by atoms with Crippen molar-refractivity contribution in [3.05, 3.63) is 0 Å². The van der Waals surface area contributed by atoms with Crippen molar-refractivity contribution < 1.29 is 0 Å². The van der Waals surface area contributed by atoms with E-state index in [0.29, 0.717) is 5.41 Å². The minimum atomic E-state index is 0.476. The van der Waals surface area contributed by atoms with Crippen LogP contribution in [-0.4, -0.2) is 36.6 Å². The summed E-state index contributed by atoms with van der Waals surface area (Å²) in [4.78, 5) is 2.87. The number of hydrogen-bond acceptors (Lipinski definition) is 2. The largest absolute Gasteiger partial charge is 0.313 e. The Labute approximate surface area is 125 Å². The summed E-state index contributed by atoms with van der Waals surface area (Å²) in [6, 6.07) is 1.77. The van der Waals surface area contributed by atoms with Crippen LogP contribution in [0.25, 0.3) is 0 Å². The summed E-state index contributed by atoms with van der Waals surface area (Å²) in [5.74, 6) is 1.02. The van der Waals surface area contributed by atoms with Gasteiger partial charge in [0.15, 0.2) is 0 Å². The Kier molecular flexibility index (Phi) is 4.72. The van der Waals surface area contributed by atoms with Crippen LogP contribution >= 0.6 is 0 Å². The molecule has 3 rings (SSSR count). The third kappa shape index (κ3) is 3.57. The van der Waals surface area contributed by atoms with E-state index in [1.807, 2.05) is 0 Å². The van der Waals surface area contributed by atoms with Gasteiger partial charge in [-0.15, -0.1) is 0 Å². The Bertz CT molecular complexity index is 307. The SMILES string of the molecule is CCC(C)(CNC1CC1)CN1CCCC1C1CCCC1. The molecule has 0 amide bonds. The Morgan fingerprint density at radius 2 is 1.80 bits per heavy atom. The van der Waals surface area contributed by atoms with E-state index in [2.05, 4.69) is 24.1 Å². The van der Waals surface area contributed by atoms with Crippen LogP contribution in [0.4, 0.5) is 0 Å². The first-order valence-corrected chi connectivity index (χ1v) is 9.18. The molecule has 0 bridgehead atoms. The highest BCUT2D eigenvalue weighted by atomic mass is 15.2. The minimum absolute atomic E-state index is 0.476.